The Labute approximate surface area is 120 Å². The van der Waals surface area contributed by atoms with Crippen molar-refractivity contribution in [2.45, 2.75) is 64.1 Å². The molecule has 6 nitrogen and oxygen atoms in total. The zero-order chi connectivity index (χ0) is 15.3. The van der Waals surface area contributed by atoms with Gasteiger partial charge in [0.15, 0.2) is 0 Å². The van der Waals surface area contributed by atoms with E-state index in [0.29, 0.717) is 12.8 Å². The van der Waals surface area contributed by atoms with Crippen LogP contribution in [0.5, 0.6) is 0 Å². The number of amides is 2. The molecule has 0 bridgehead atoms. The van der Waals surface area contributed by atoms with E-state index in [2.05, 4.69) is 5.32 Å². The fourth-order valence-corrected chi connectivity index (χ4v) is 2.64. The number of urea groups is 1. The number of carboxylic acids is 1. The van der Waals surface area contributed by atoms with E-state index in [0.717, 1.165) is 19.3 Å². The van der Waals surface area contributed by atoms with Crippen LogP contribution in [0.1, 0.15) is 46.0 Å². The molecule has 1 fully saturated rings. The maximum absolute atomic E-state index is 12.1. The van der Waals surface area contributed by atoms with E-state index in [1.54, 1.807) is 7.05 Å². The Bertz CT molecular complexity index is 346. The molecule has 3 N–H and O–H groups in total. The first-order valence-corrected chi connectivity index (χ1v) is 7.27. The summed E-state index contributed by atoms with van der Waals surface area (Å²) in [6.07, 6.45) is 3.27. The van der Waals surface area contributed by atoms with Crippen LogP contribution in [0.15, 0.2) is 0 Å². The van der Waals surface area contributed by atoms with Gasteiger partial charge in [0.2, 0.25) is 0 Å². The highest BCUT2D eigenvalue weighted by molar-refractivity contribution is 5.82. The van der Waals surface area contributed by atoms with Crippen LogP contribution in [0.25, 0.3) is 0 Å². The number of nitrogens with zero attached hydrogens (tertiary/aromatic N) is 1. The molecular formula is C14H26N2O4. The average molecular weight is 286 g/mol. The molecule has 0 aromatic rings. The van der Waals surface area contributed by atoms with Crippen LogP contribution >= 0.6 is 0 Å². The van der Waals surface area contributed by atoms with E-state index in [-0.39, 0.29) is 12.0 Å². The summed E-state index contributed by atoms with van der Waals surface area (Å²) in [7, 11) is 1.61. The third-order valence-corrected chi connectivity index (χ3v) is 3.81. The Kier molecular flexibility index (Phi) is 6.26. The molecule has 0 spiro atoms. The van der Waals surface area contributed by atoms with Crippen molar-refractivity contribution < 1.29 is 19.8 Å². The van der Waals surface area contributed by atoms with Gasteiger partial charge in [-0.1, -0.05) is 26.7 Å². The van der Waals surface area contributed by atoms with Crippen molar-refractivity contribution in [3.05, 3.63) is 0 Å². The third-order valence-electron chi connectivity index (χ3n) is 3.81. The van der Waals surface area contributed by atoms with Crippen LogP contribution in [0, 0.1) is 5.92 Å². The van der Waals surface area contributed by atoms with Gasteiger partial charge < -0.3 is 20.4 Å². The number of hydrogen-bond acceptors (Lipinski definition) is 3. The lowest BCUT2D eigenvalue weighted by Gasteiger charge is -2.35. The molecule has 0 radical (unpaired) electrons. The molecule has 0 aromatic carbocycles. The number of carbonyl (C=O) groups excluding carboxylic acids is 1. The van der Waals surface area contributed by atoms with Gasteiger partial charge >= 0.3 is 12.0 Å². The Morgan fingerprint density at radius 1 is 1.30 bits per heavy atom. The number of nitrogens with one attached hydrogen (secondary N) is 1. The molecule has 116 valence electrons. The van der Waals surface area contributed by atoms with Crippen LogP contribution in [0.4, 0.5) is 4.79 Å². The van der Waals surface area contributed by atoms with Crippen molar-refractivity contribution >= 4 is 12.0 Å². The first-order valence-electron chi connectivity index (χ1n) is 7.27. The van der Waals surface area contributed by atoms with Crippen LogP contribution in [-0.2, 0) is 4.79 Å². The van der Waals surface area contributed by atoms with Crippen LogP contribution < -0.4 is 5.32 Å². The number of rotatable bonds is 5. The molecule has 6 heteroatoms. The standard InChI is InChI=1S/C14H26N2O4/c1-9(2)8-10(13(18)19)15-14(20)16(3)11-6-4-5-7-12(11)17/h9-12,17H,4-8H2,1-3H3,(H,15,20)(H,18,19)/t10-,11?,12?/m0/s1. The highest BCUT2D eigenvalue weighted by Gasteiger charge is 2.31. The first kappa shape index (κ1) is 16.8. The lowest BCUT2D eigenvalue weighted by molar-refractivity contribution is -0.139. The highest BCUT2D eigenvalue weighted by Crippen LogP contribution is 2.22. The zero-order valence-electron chi connectivity index (χ0n) is 12.5. The van der Waals surface area contributed by atoms with Crippen molar-refractivity contribution in [2.75, 3.05) is 7.05 Å². The molecule has 0 heterocycles. The van der Waals surface area contributed by atoms with Crippen molar-refractivity contribution in [1.82, 2.24) is 10.2 Å². The van der Waals surface area contributed by atoms with Gasteiger partial charge in [-0.15, -0.1) is 0 Å². The second-order valence-electron chi connectivity index (χ2n) is 6.00. The summed E-state index contributed by atoms with van der Waals surface area (Å²) in [5.74, 6) is -0.841. The maximum Gasteiger partial charge on any atom is 0.326 e. The lowest BCUT2D eigenvalue weighted by atomic mass is 9.92. The molecule has 0 aliphatic heterocycles. The fraction of sp³-hybridized carbons (Fsp3) is 0.857. The van der Waals surface area contributed by atoms with Crippen molar-refractivity contribution in [1.29, 1.82) is 0 Å². The molecule has 1 rings (SSSR count). The fourth-order valence-electron chi connectivity index (χ4n) is 2.64. The van der Waals surface area contributed by atoms with Crippen LogP contribution in [0.3, 0.4) is 0 Å². The van der Waals surface area contributed by atoms with Crippen molar-refractivity contribution in [3.8, 4) is 0 Å². The number of likely N-dealkylation sites (N-methyl/N-ethyl adjacent to an activating group) is 1. The van der Waals surface area contributed by atoms with Crippen molar-refractivity contribution in [2.24, 2.45) is 5.92 Å². The summed E-state index contributed by atoms with van der Waals surface area (Å²) in [6, 6.07) is -1.54. The minimum absolute atomic E-state index is 0.182. The topological polar surface area (TPSA) is 89.9 Å². The Balaban J connectivity index is 2.60. The summed E-state index contributed by atoms with van der Waals surface area (Å²) >= 11 is 0. The largest absolute Gasteiger partial charge is 0.480 e. The quantitative estimate of drug-likeness (QED) is 0.713. The molecule has 2 unspecified atom stereocenters. The lowest BCUT2D eigenvalue weighted by Crippen LogP contribution is -2.53. The van der Waals surface area contributed by atoms with Crippen molar-refractivity contribution in [3.63, 3.8) is 0 Å². The average Bonchev–Trinajstić information content (AvgIpc) is 2.37. The Hall–Kier alpha value is -1.30. The van der Waals surface area contributed by atoms with Gasteiger partial charge in [-0.05, 0) is 25.2 Å². The van der Waals surface area contributed by atoms with E-state index in [1.807, 2.05) is 13.8 Å². The molecule has 0 saturated heterocycles. The van der Waals surface area contributed by atoms with Gasteiger partial charge in [0, 0.05) is 7.05 Å². The third kappa shape index (κ3) is 4.67. The normalized spacial score (nSPS) is 24.2. The number of carboxylic acid groups (broad SMARTS) is 1. The number of aliphatic carboxylic acids is 1. The number of aliphatic hydroxyl groups is 1. The van der Waals surface area contributed by atoms with Crippen LogP contribution in [-0.4, -0.2) is 52.3 Å². The van der Waals surface area contributed by atoms with Gasteiger partial charge in [0.1, 0.15) is 6.04 Å². The molecule has 1 saturated carbocycles. The first-order chi connectivity index (χ1) is 9.32. The molecule has 2 amide bonds. The molecule has 3 atom stereocenters. The minimum Gasteiger partial charge on any atom is -0.480 e. The molecule has 1 aliphatic carbocycles. The summed E-state index contributed by atoms with van der Waals surface area (Å²) in [5.41, 5.74) is 0. The zero-order valence-corrected chi connectivity index (χ0v) is 12.5. The molecular weight excluding hydrogens is 260 g/mol. The van der Waals surface area contributed by atoms with Crippen LogP contribution in [0.2, 0.25) is 0 Å². The predicted molar refractivity (Wildman–Crippen MR) is 75.4 cm³/mol. The smallest absolute Gasteiger partial charge is 0.326 e. The summed E-state index contributed by atoms with van der Waals surface area (Å²) in [4.78, 5) is 24.7. The minimum atomic E-state index is -1.02. The maximum atomic E-state index is 12.1. The van der Waals surface area contributed by atoms with Gasteiger partial charge in [0.25, 0.3) is 0 Å². The van der Waals surface area contributed by atoms with E-state index in [1.165, 1.54) is 4.90 Å². The Morgan fingerprint density at radius 2 is 1.90 bits per heavy atom. The number of carbonyl (C=O) groups is 2. The van der Waals surface area contributed by atoms with Gasteiger partial charge in [-0.3, -0.25) is 0 Å². The monoisotopic (exact) mass is 286 g/mol. The molecule has 1 aliphatic rings. The predicted octanol–water partition coefficient (Wildman–Crippen LogP) is 1.43. The van der Waals surface area contributed by atoms with E-state index < -0.39 is 24.1 Å². The second-order valence-corrected chi connectivity index (χ2v) is 6.00. The number of hydrogen-bond donors (Lipinski definition) is 3. The summed E-state index contributed by atoms with van der Waals surface area (Å²) in [6.45, 7) is 3.83. The van der Waals surface area contributed by atoms with Gasteiger partial charge in [-0.25, -0.2) is 9.59 Å². The summed E-state index contributed by atoms with van der Waals surface area (Å²) < 4.78 is 0. The van der Waals surface area contributed by atoms with E-state index >= 15 is 0 Å². The van der Waals surface area contributed by atoms with Gasteiger partial charge in [0.05, 0.1) is 12.1 Å². The van der Waals surface area contributed by atoms with E-state index in [9.17, 15) is 14.7 Å². The summed E-state index contributed by atoms with van der Waals surface area (Å²) in [5, 5.41) is 21.6. The molecule has 0 aromatic heterocycles. The van der Waals surface area contributed by atoms with E-state index in [4.69, 9.17) is 5.11 Å². The second kappa shape index (κ2) is 7.47. The van der Waals surface area contributed by atoms with Gasteiger partial charge in [-0.2, -0.15) is 0 Å². The SMILES string of the molecule is CC(C)C[C@H](NC(=O)N(C)C1CCCCC1O)C(=O)O. The number of aliphatic hydroxyl groups excluding tert-OH is 1. The molecule has 20 heavy (non-hydrogen) atoms. The highest BCUT2D eigenvalue weighted by atomic mass is 16.4. The Morgan fingerprint density at radius 3 is 2.40 bits per heavy atom.